The van der Waals surface area contributed by atoms with Gasteiger partial charge < -0.3 is 21.1 Å². The maximum absolute atomic E-state index is 12.6. The highest BCUT2D eigenvalue weighted by atomic mass is 19.4. The van der Waals surface area contributed by atoms with E-state index in [1.165, 1.54) is 14.0 Å². The molecule has 1 aromatic rings. The van der Waals surface area contributed by atoms with Gasteiger partial charge >= 0.3 is 6.18 Å². The summed E-state index contributed by atoms with van der Waals surface area (Å²) in [5.41, 5.74) is 4.51. The number of aromatic nitrogens is 1. The van der Waals surface area contributed by atoms with E-state index in [0.717, 1.165) is 12.3 Å². The fourth-order valence-corrected chi connectivity index (χ4v) is 1.47. The molecule has 0 saturated carbocycles. The Morgan fingerprint density at radius 3 is 2.76 bits per heavy atom. The number of halogens is 3. The van der Waals surface area contributed by atoms with Gasteiger partial charge in [0.1, 0.15) is 11.7 Å². The first-order chi connectivity index (χ1) is 9.75. The van der Waals surface area contributed by atoms with Gasteiger partial charge in [0.05, 0.1) is 24.2 Å². The van der Waals surface area contributed by atoms with E-state index in [1.807, 2.05) is 0 Å². The SMILES string of the molecule is COCCNC(=O)C(C)Nc1cc(C(F)(F)F)ncc1N. The average molecular weight is 306 g/mol. The molecule has 0 aliphatic carbocycles. The summed E-state index contributed by atoms with van der Waals surface area (Å²) in [7, 11) is 1.49. The summed E-state index contributed by atoms with van der Waals surface area (Å²) in [6.07, 6.45) is -3.67. The molecule has 1 heterocycles. The molecule has 118 valence electrons. The first-order valence-electron chi connectivity index (χ1n) is 6.11. The van der Waals surface area contributed by atoms with E-state index < -0.39 is 17.9 Å². The van der Waals surface area contributed by atoms with Crippen molar-refractivity contribution in [3.63, 3.8) is 0 Å². The van der Waals surface area contributed by atoms with Gasteiger partial charge in [0.15, 0.2) is 0 Å². The Bertz CT molecular complexity index is 494. The fraction of sp³-hybridized carbons (Fsp3) is 0.500. The minimum Gasteiger partial charge on any atom is -0.396 e. The molecule has 0 bridgehead atoms. The number of nitrogens with zero attached hydrogens (tertiary/aromatic N) is 1. The summed E-state index contributed by atoms with van der Waals surface area (Å²) in [4.78, 5) is 14.9. The number of pyridine rings is 1. The maximum Gasteiger partial charge on any atom is 0.433 e. The lowest BCUT2D eigenvalue weighted by molar-refractivity contribution is -0.141. The Hall–Kier alpha value is -2.03. The zero-order chi connectivity index (χ0) is 16.0. The van der Waals surface area contributed by atoms with Crippen molar-refractivity contribution in [1.82, 2.24) is 10.3 Å². The van der Waals surface area contributed by atoms with Crippen LogP contribution in [0.25, 0.3) is 0 Å². The van der Waals surface area contributed by atoms with Crippen molar-refractivity contribution in [2.24, 2.45) is 0 Å². The molecular formula is C12H17F3N4O2. The van der Waals surface area contributed by atoms with E-state index in [2.05, 4.69) is 15.6 Å². The Kier molecular flexibility index (Phi) is 5.77. The summed E-state index contributed by atoms with van der Waals surface area (Å²) in [5, 5.41) is 5.19. The number of hydrogen-bond acceptors (Lipinski definition) is 5. The second-order valence-corrected chi connectivity index (χ2v) is 4.30. The topological polar surface area (TPSA) is 89.3 Å². The molecule has 1 atom stereocenters. The highest BCUT2D eigenvalue weighted by Crippen LogP contribution is 2.31. The zero-order valence-electron chi connectivity index (χ0n) is 11.6. The van der Waals surface area contributed by atoms with Crippen LogP contribution in [0, 0.1) is 0 Å². The number of nitrogens with one attached hydrogen (secondary N) is 2. The summed E-state index contributed by atoms with van der Waals surface area (Å²) in [6, 6.07) is 0.0153. The monoisotopic (exact) mass is 306 g/mol. The summed E-state index contributed by atoms with van der Waals surface area (Å²) < 4.78 is 42.5. The molecule has 0 aromatic carbocycles. The Balaban J connectivity index is 2.75. The number of methoxy groups -OCH3 is 1. The van der Waals surface area contributed by atoms with Crippen LogP contribution in [0.1, 0.15) is 12.6 Å². The van der Waals surface area contributed by atoms with Gasteiger partial charge in [-0.1, -0.05) is 0 Å². The number of alkyl halides is 3. The molecule has 9 heteroatoms. The van der Waals surface area contributed by atoms with E-state index in [4.69, 9.17) is 10.5 Å². The van der Waals surface area contributed by atoms with Crippen LogP contribution >= 0.6 is 0 Å². The number of carbonyl (C=O) groups excluding carboxylic acids is 1. The molecule has 0 radical (unpaired) electrons. The molecule has 0 saturated heterocycles. The van der Waals surface area contributed by atoms with Crippen molar-refractivity contribution in [3.8, 4) is 0 Å². The van der Waals surface area contributed by atoms with E-state index >= 15 is 0 Å². The van der Waals surface area contributed by atoms with E-state index in [-0.39, 0.29) is 17.3 Å². The van der Waals surface area contributed by atoms with Gasteiger partial charge in [-0.3, -0.25) is 4.79 Å². The predicted octanol–water partition coefficient (Wildman–Crippen LogP) is 1.25. The highest BCUT2D eigenvalue weighted by molar-refractivity contribution is 5.85. The van der Waals surface area contributed by atoms with Crippen LogP contribution in [0.3, 0.4) is 0 Å². The summed E-state index contributed by atoms with van der Waals surface area (Å²) in [6.45, 7) is 2.16. The van der Waals surface area contributed by atoms with Gasteiger partial charge in [-0.05, 0) is 13.0 Å². The quantitative estimate of drug-likeness (QED) is 0.688. The summed E-state index contributed by atoms with van der Waals surface area (Å²) >= 11 is 0. The second kappa shape index (κ2) is 7.11. The minimum atomic E-state index is -4.58. The molecular weight excluding hydrogens is 289 g/mol. The van der Waals surface area contributed by atoms with Crippen molar-refractivity contribution in [2.45, 2.75) is 19.1 Å². The molecule has 1 aromatic heterocycles. The van der Waals surface area contributed by atoms with Crippen molar-refractivity contribution in [3.05, 3.63) is 18.0 Å². The van der Waals surface area contributed by atoms with Crippen LogP contribution in [0.15, 0.2) is 12.3 Å². The average Bonchev–Trinajstić information content (AvgIpc) is 2.40. The largest absolute Gasteiger partial charge is 0.433 e. The first kappa shape index (κ1) is 17.0. The number of rotatable bonds is 6. The molecule has 0 aliphatic rings. The second-order valence-electron chi connectivity index (χ2n) is 4.30. The zero-order valence-corrected chi connectivity index (χ0v) is 11.6. The van der Waals surface area contributed by atoms with Crippen LogP contribution in [-0.2, 0) is 15.7 Å². The predicted molar refractivity (Wildman–Crippen MR) is 71.6 cm³/mol. The lowest BCUT2D eigenvalue weighted by atomic mass is 10.2. The van der Waals surface area contributed by atoms with E-state index in [1.54, 1.807) is 0 Å². The molecule has 0 aliphatic heterocycles. The maximum atomic E-state index is 12.6. The molecule has 0 spiro atoms. The normalized spacial score (nSPS) is 12.8. The van der Waals surface area contributed by atoms with Crippen LogP contribution in [0.4, 0.5) is 24.5 Å². The third-order valence-electron chi connectivity index (χ3n) is 2.60. The lowest BCUT2D eigenvalue weighted by Crippen LogP contribution is -2.39. The van der Waals surface area contributed by atoms with Crippen molar-refractivity contribution in [1.29, 1.82) is 0 Å². The fourth-order valence-electron chi connectivity index (χ4n) is 1.47. The van der Waals surface area contributed by atoms with Gasteiger partial charge in [0.2, 0.25) is 5.91 Å². The lowest BCUT2D eigenvalue weighted by Gasteiger charge is -2.17. The van der Waals surface area contributed by atoms with Gasteiger partial charge in [-0.15, -0.1) is 0 Å². The number of nitrogens with two attached hydrogens (primary N) is 1. The van der Waals surface area contributed by atoms with Crippen LogP contribution in [-0.4, -0.2) is 37.2 Å². The standard InChI is InChI=1S/C12H17F3N4O2/c1-7(11(20)17-3-4-21-2)19-9-5-10(12(13,14)15)18-6-8(9)16/h5-7H,3-4,16H2,1-2H3,(H,17,20)(H,18,19). The number of anilines is 2. The smallest absolute Gasteiger partial charge is 0.396 e. The summed E-state index contributed by atoms with van der Waals surface area (Å²) in [5.74, 6) is -0.378. The number of ether oxygens (including phenoxy) is 1. The molecule has 1 rings (SSSR count). The van der Waals surface area contributed by atoms with Gasteiger partial charge in [-0.2, -0.15) is 13.2 Å². The van der Waals surface area contributed by atoms with Gasteiger partial charge in [0, 0.05) is 13.7 Å². The van der Waals surface area contributed by atoms with Gasteiger partial charge in [0.25, 0.3) is 0 Å². The van der Waals surface area contributed by atoms with Crippen LogP contribution in [0.2, 0.25) is 0 Å². The molecule has 4 N–H and O–H groups in total. The van der Waals surface area contributed by atoms with Crippen LogP contribution in [0.5, 0.6) is 0 Å². The third kappa shape index (κ3) is 5.10. The number of nitrogen functional groups attached to an aromatic ring is 1. The molecule has 21 heavy (non-hydrogen) atoms. The third-order valence-corrected chi connectivity index (χ3v) is 2.60. The van der Waals surface area contributed by atoms with E-state index in [9.17, 15) is 18.0 Å². The molecule has 0 fully saturated rings. The van der Waals surface area contributed by atoms with Gasteiger partial charge in [-0.25, -0.2) is 4.98 Å². The minimum absolute atomic E-state index is 0.00622. The van der Waals surface area contributed by atoms with Crippen molar-refractivity contribution >= 4 is 17.3 Å². The molecule has 1 unspecified atom stereocenters. The Labute approximate surface area is 119 Å². The van der Waals surface area contributed by atoms with Crippen molar-refractivity contribution in [2.75, 3.05) is 31.3 Å². The van der Waals surface area contributed by atoms with Crippen LogP contribution < -0.4 is 16.4 Å². The molecule has 1 amide bonds. The molecule has 6 nitrogen and oxygen atoms in total. The first-order valence-corrected chi connectivity index (χ1v) is 6.11. The Morgan fingerprint density at radius 2 is 2.19 bits per heavy atom. The van der Waals surface area contributed by atoms with Crippen molar-refractivity contribution < 1.29 is 22.7 Å². The number of amides is 1. The number of carbonyl (C=O) groups is 1. The Morgan fingerprint density at radius 1 is 1.52 bits per heavy atom. The van der Waals surface area contributed by atoms with E-state index in [0.29, 0.717) is 13.2 Å². The number of hydrogen-bond donors (Lipinski definition) is 3. The highest BCUT2D eigenvalue weighted by Gasteiger charge is 2.33.